The molecule has 2 amide bonds. The van der Waals surface area contributed by atoms with E-state index < -0.39 is 0 Å². The summed E-state index contributed by atoms with van der Waals surface area (Å²) >= 11 is 0. The van der Waals surface area contributed by atoms with Crippen LogP contribution in [0.15, 0.2) is 10.9 Å². The molecule has 0 bridgehead atoms. The molecule has 1 aliphatic heterocycles. The molecular weight excluding hydrogens is 258 g/mol. The molecule has 0 aromatic carbocycles. The topological polar surface area (TPSA) is 83.2 Å². The highest BCUT2D eigenvalue weighted by Gasteiger charge is 2.16. The molecule has 0 saturated carbocycles. The van der Waals surface area contributed by atoms with Crippen molar-refractivity contribution < 1.29 is 9.53 Å². The summed E-state index contributed by atoms with van der Waals surface area (Å²) in [7, 11) is 0. The summed E-state index contributed by atoms with van der Waals surface area (Å²) < 4.78 is 5.24. The Hall–Kier alpha value is -1.82. The Morgan fingerprint density at radius 3 is 2.90 bits per heavy atom. The van der Waals surface area contributed by atoms with Crippen LogP contribution >= 0.6 is 0 Å². The number of H-pyrrole nitrogens is 1. The van der Waals surface area contributed by atoms with E-state index in [1.54, 1.807) is 0 Å². The molecule has 1 aromatic rings. The number of pyridine rings is 1. The van der Waals surface area contributed by atoms with E-state index in [0.717, 1.165) is 24.3 Å². The summed E-state index contributed by atoms with van der Waals surface area (Å²) in [4.78, 5) is 26.2. The van der Waals surface area contributed by atoms with Gasteiger partial charge in [-0.15, -0.1) is 0 Å². The van der Waals surface area contributed by atoms with Crippen molar-refractivity contribution in [3.05, 3.63) is 33.2 Å². The van der Waals surface area contributed by atoms with Gasteiger partial charge < -0.3 is 20.4 Å². The molecule has 20 heavy (non-hydrogen) atoms. The number of carbonyl (C=O) groups is 1. The first-order valence-corrected chi connectivity index (χ1v) is 6.85. The van der Waals surface area contributed by atoms with E-state index in [1.807, 2.05) is 19.9 Å². The van der Waals surface area contributed by atoms with Crippen LogP contribution in [0.1, 0.15) is 23.2 Å². The Labute approximate surface area is 117 Å². The summed E-state index contributed by atoms with van der Waals surface area (Å²) in [6.07, 6.45) is 0.983. The summed E-state index contributed by atoms with van der Waals surface area (Å²) in [5, 5.41) is 5.52. The summed E-state index contributed by atoms with van der Waals surface area (Å²) in [5.74, 6) is 0.394. The van der Waals surface area contributed by atoms with Crippen LogP contribution in [0.2, 0.25) is 0 Å². The zero-order valence-corrected chi connectivity index (χ0v) is 11.9. The van der Waals surface area contributed by atoms with Crippen LogP contribution in [0.3, 0.4) is 0 Å². The lowest BCUT2D eigenvalue weighted by Crippen LogP contribution is -2.39. The number of aromatic nitrogens is 1. The Balaban J connectivity index is 1.82. The molecule has 1 atom stereocenters. The van der Waals surface area contributed by atoms with Crippen LogP contribution in [-0.2, 0) is 11.3 Å². The molecule has 3 N–H and O–H groups in total. The molecule has 1 aromatic heterocycles. The second-order valence-corrected chi connectivity index (χ2v) is 5.24. The van der Waals surface area contributed by atoms with Crippen molar-refractivity contribution in [1.29, 1.82) is 0 Å². The Morgan fingerprint density at radius 1 is 1.45 bits per heavy atom. The number of ether oxygens (including phenoxy) is 1. The van der Waals surface area contributed by atoms with Gasteiger partial charge in [-0.3, -0.25) is 4.79 Å². The van der Waals surface area contributed by atoms with E-state index >= 15 is 0 Å². The van der Waals surface area contributed by atoms with Gasteiger partial charge in [0.15, 0.2) is 0 Å². The van der Waals surface area contributed by atoms with Crippen molar-refractivity contribution in [2.24, 2.45) is 5.92 Å². The predicted molar refractivity (Wildman–Crippen MR) is 75.7 cm³/mol. The minimum atomic E-state index is -0.253. The van der Waals surface area contributed by atoms with Crippen LogP contribution in [0.25, 0.3) is 0 Å². The van der Waals surface area contributed by atoms with Gasteiger partial charge in [0.05, 0.1) is 13.2 Å². The first-order chi connectivity index (χ1) is 9.56. The average molecular weight is 279 g/mol. The van der Waals surface area contributed by atoms with Crippen LogP contribution in [0.4, 0.5) is 4.79 Å². The van der Waals surface area contributed by atoms with Crippen molar-refractivity contribution in [1.82, 2.24) is 15.6 Å². The normalized spacial score (nSPS) is 18.0. The third-order valence-corrected chi connectivity index (χ3v) is 3.49. The monoisotopic (exact) mass is 279 g/mol. The average Bonchev–Trinajstić information content (AvgIpc) is 2.88. The first kappa shape index (κ1) is 14.6. The lowest BCUT2D eigenvalue weighted by atomic mass is 10.1. The van der Waals surface area contributed by atoms with Gasteiger partial charge in [0.1, 0.15) is 0 Å². The maximum atomic E-state index is 11.8. The minimum Gasteiger partial charge on any atom is -0.381 e. The number of carbonyl (C=O) groups excluding carboxylic acids is 1. The summed E-state index contributed by atoms with van der Waals surface area (Å²) in [6.45, 7) is 6.02. The number of urea groups is 1. The lowest BCUT2D eigenvalue weighted by Gasteiger charge is -2.11. The number of hydrogen-bond acceptors (Lipinski definition) is 3. The van der Waals surface area contributed by atoms with Crippen molar-refractivity contribution in [2.45, 2.75) is 26.8 Å². The van der Waals surface area contributed by atoms with Gasteiger partial charge in [0.2, 0.25) is 0 Å². The van der Waals surface area contributed by atoms with Crippen molar-refractivity contribution in [3.8, 4) is 0 Å². The van der Waals surface area contributed by atoms with Gasteiger partial charge in [0, 0.05) is 30.3 Å². The minimum absolute atomic E-state index is 0.146. The molecule has 1 saturated heterocycles. The van der Waals surface area contributed by atoms with Gasteiger partial charge >= 0.3 is 6.03 Å². The zero-order chi connectivity index (χ0) is 14.5. The highest BCUT2D eigenvalue weighted by Crippen LogP contribution is 2.10. The van der Waals surface area contributed by atoms with Gasteiger partial charge in [-0.25, -0.2) is 4.79 Å². The molecule has 1 fully saturated rings. The summed E-state index contributed by atoms with van der Waals surface area (Å²) in [5.41, 5.74) is 2.15. The lowest BCUT2D eigenvalue weighted by molar-refractivity contribution is 0.185. The Kier molecular flexibility index (Phi) is 4.79. The maximum Gasteiger partial charge on any atom is 0.315 e. The summed E-state index contributed by atoms with van der Waals surface area (Å²) in [6, 6.07) is 1.64. The van der Waals surface area contributed by atoms with E-state index in [0.29, 0.717) is 24.6 Å². The smallest absolute Gasteiger partial charge is 0.315 e. The van der Waals surface area contributed by atoms with Gasteiger partial charge in [-0.05, 0) is 31.9 Å². The molecular formula is C14H21N3O3. The van der Waals surface area contributed by atoms with Crippen LogP contribution < -0.4 is 16.2 Å². The Morgan fingerprint density at radius 2 is 2.25 bits per heavy atom. The SMILES string of the molecule is Cc1cc(C)c(CNC(=O)NC[C@@H]2CCOC2)c(=O)[nH]1. The van der Waals surface area contributed by atoms with Crippen molar-refractivity contribution in [3.63, 3.8) is 0 Å². The quantitative estimate of drug-likeness (QED) is 0.763. The van der Waals surface area contributed by atoms with Crippen molar-refractivity contribution in [2.75, 3.05) is 19.8 Å². The van der Waals surface area contributed by atoms with Gasteiger partial charge in [-0.2, -0.15) is 0 Å². The van der Waals surface area contributed by atoms with Gasteiger partial charge in [-0.1, -0.05) is 0 Å². The number of aromatic amines is 1. The van der Waals surface area contributed by atoms with E-state index in [-0.39, 0.29) is 18.1 Å². The molecule has 1 aliphatic rings. The predicted octanol–water partition coefficient (Wildman–Crippen LogP) is 0.827. The van der Waals surface area contributed by atoms with Crippen LogP contribution in [-0.4, -0.2) is 30.8 Å². The largest absolute Gasteiger partial charge is 0.381 e. The number of amides is 2. The molecule has 6 nitrogen and oxygen atoms in total. The standard InChI is InChI=1S/C14H21N3O3/c1-9-5-10(2)17-13(18)12(9)7-16-14(19)15-6-11-3-4-20-8-11/h5,11H,3-4,6-8H2,1-2H3,(H,17,18)(H2,15,16,19)/t11-/m0/s1. The molecule has 2 heterocycles. The third-order valence-electron chi connectivity index (χ3n) is 3.49. The molecule has 2 rings (SSSR count). The van der Waals surface area contributed by atoms with E-state index in [4.69, 9.17) is 4.74 Å². The highest BCUT2D eigenvalue weighted by atomic mass is 16.5. The van der Waals surface area contributed by atoms with Crippen molar-refractivity contribution >= 4 is 6.03 Å². The number of hydrogen-bond donors (Lipinski definition) is 3. The fourth-order valence-corrected chi connectivity index (χ4v) is 2.31. The number of rotatable bonds is 4. The van der Waals surface area contributed by atoms with E-state index in [1.165, 1.54) is 0 Å². The molecule has 0 radical (unpaired) electrons. The molecule has 0 aliphatic carbocycles. The second-order valence-electron chi connectivity index (χ2n) is 5.24. The maximum absolute atomic E-state index is 11.8. The van der Waals surface area contributed by atoms with Crippen LogP contribution in [0, 0.1) is 19.8 Å². The van der Waals surface area contributed by atoms with Crippen LogP contribution in [0.5, 0.6) is 0 Å². The fraction of sp³-hybridized carbons (Fsp3) is 0.571. The third kappa shape index (κ3) is 3.84. The highest BCUT2D eigenvalue weighted by molar-refractivity contribution is 5.73. The first-order valence-electron chi connectivity index (χ1n) is 6.85. The van der Waals surface area contributed by atoms with E-state index in [9.17, 15) is 9.59 Å². The zero-order valence-electron chi connectivity index (χ0n) is 11.9. The Bertz CT molecular complexity index is 533. The van der Waals surface area contributed by atoms with Gasteiger partial charge in [0.25, 0.3) is 5.56 Å². The number of nitrogens with one attached hydrogen (secondary N) is 3. The fourth-order valence-electron chi connectivity index (χ4n) is 2.31. The van der Waals surface area contributed by atoms with E-state index in [2.05, 4.69) is 15.6 Å². The molecule has 110 valence electrons. The number of aryl methyl sites for hydroxylation is 2. The molecule has 0 unspecified atom stereocenters. The molecule has 0 spiro atoms. The second kappa shape index (κ2) is 6.56. The molecule has 6 heteroatoms.